The van der Waals surface area contributed by atoms with Crippen molar-refractivity contribution in [1.29, 1.82) is 0 Å². The molecule has 0 heterocycles. The van der Waals surface area contributed by atoms with Gasteiger partial charge in [0.2, 0.25) is 0 Å². The van der Waals surface area contributed by atoms with E-state index in [0.717, 1.165) is 6.42 Å². The average Bonchev–Trinajstić information content (AvgIpc) is 2.27. The van der Waals surface area contributed by atoms with Crippen molar-refractivity contribution in [2.45, 2.75) is 19.8 Å². The van der Waals surface area contributed by atoms with Crippen LogP contribution in [0.1, 0.15) is 19.8 Å². The van der Waals surface area contributed by atoms with E-state index in [1.165, 1.54) is 6.08 Å². The number of rotatable bonds is 3. The molecule has 77 valence electrons. The highest BCUT2D eigenvalue weighted by molar-refractivity contribution is 5.65. The van der Waals surface area contributed by atoms with Crippen LogP contribution in [0, 0.1) is 12.0 Å². The van der Waals surface area contributed by atoms with Crippen LogP contribution in [0.15, 0.2) is 29.1 Å². The van der Waals surface area contributed by atoms with Crippen LogP contribution in [-0.4, -0.2) is 17.0 Å². The van der Waals surface area contributed by atoms with Crippen molar-refractivity contribution in [3.63, 3.8) is 0 Å². The van der Waals surface area contributed by atoms with Gasteiger partial charge in [-0.15, -0.1) is 0 Å². The highest BCUT2D eigenvalue weighted by Crippen LogP contribution is 2.30. The smallest absolute Gasteiger partial charge is 0.129 e. The van der Waals surface area contributed by atoms with E-state index in [4.69, 9.17) is 0 Å². The van der Waals surface area contributed by atoms with Crippen LogP contribution in [0.4, 0.5) is 0 Å². The number of aliphatic hydroxyl groups is 1. The number of hydrogen-bond donors (Lipinski definition) is 1. The van der Waals surface area contributed by atoms with E-state index in [-0.39, 0.29) is 18.1 Å². The van der Waals surface area contributed by atoms with Crippen LogP contribution in [-0.2, 0) is 9.59 Å². The molecule has 3 heteroatoms. The second-order valence-electron chi connectivity index (χ2n) is 3.19. The minimum absolute atomic E-state index is 0.0755. The molecule has 0 saturated carbocycles. The van der Waals surface area contributed by atoms with Crippen molar-refractivity contribution < 1.29 is 14.7 Å². The van der Waals surface area contributed by atoms with Gasteiger partial charge in [0.15, 0.2) is 0 Å². The molecule has 0 saturated heterocycles. The summed E-state index contributed by atoms with van der Waals surface area (Å²) in [4.78, 5) is 20.9. The summed E-state index contributed by atoms with van der Waals surface area (Å²) in [6, 6.07) is 0. The summed E-state index contributed by atoms with van der Waals surface area (Å²) in [5.74, 6) is 3.27. The predicted molar refractivity (Wildman–Crippen MR) is 55.3 cm³/mol. The van der Waals surface area contributed by atoms with Crippen molar-refractivity contribution in [3.05, 3.63) is 35.1 Å². The maximum absolute atomic E-state index is 10.8. The van der Waals surface area contributed by atoms with Crippen molar-refractivity contribution >= 4 is 11.9 Å². The maximum atomic E-state index is 10.8. The zero-order valence-corrected chi connectivity index (χ0v) is 8.41. The van der Waals surface area contributed by atoms with Crippen LogP contribution in [0.25, 0.3) is 0 Å². The normalized spacial score (nSPS) is 19.8. The molecule has 1 rings (SSSR count). The summed E-state index contributed by atoms with van der Waals surface area (Å²) in [7, 11) is 0. The van der Waals surface area contributed by atoms with E-state index in [1.54, 1.807) is 12.0 Å². The van der Waals surface area contributed by atoms with Crippen LogP contribution in [0.3, 0.4) is 0 Å². The first-order valence-electron chi connectivity index (χ1n) is 4.71. The van der Waals surface area contributed by atoms with Gasteiger partial charge in [0, 0.05) is 30.1 Å². The Hall–Kier alpha value is -1.82. The summed E-state index contributed by atoms with van der Waals surface area (Å²) in [6.45, 7) is 1.93. The third kappa shape index (κ3) is 2.35. The largest absolute Gasteiger partial charge is 0.507 e. The molecule has 0 aromatic carbocycles. The Morgan fingerprint density at radius 2 is 2.33 bits per heavy atom. The summed E-state index contributed by atoms with van der Waals surface area (Å²) in [5, 5.41) is 9.50. The number of carbonyl (C=O) groups excluding carboxylic acids is 2. The molecule has 0 aromatic heterocycles. The Labute approximate surface area is 88.1 Å². The first-order chi connectivity index (χ1) is 7.24. The van der Waals surface area contributed by atoms with Crippen molar-refractivity contribution in [1.82, 2.24) is 0 Å². The molecule has 1 N–H and O–H groups in total. The molecule has 0 amide bonds. The summed E-state index contributed by atoms with van der Waals surface area (Å²) in [5.41, 5.74) is 0.822. The minimum Gasteiger partial charge on any atom is -0.507 e. The molecule has 0 fully saturated rings. The number of allylic oxidation sites excluding steroid dienone is 5. The summed E-state index contributed by atoms with van der Waals surface area (Å²) < 4.78 is 0. The Kier molecular flexibility index (Phi) is 3.87. The molecule has 1 radical (unpaired) electrons. The first kappa shape index (κ1) is 11.3. The Balaban J connectivity index is 3.11. The van der Waals surface area contributed by atoms with E-state index in [9.17, 15) is 14.7 Å². The van der Waals surface area contributed by atoms with Gasteiger partial charge in [-0.05, 0) is 6.42 Å². The maximum Gasteiger partial charge on any atom is 0.129 e. The minimum atomic E-state index is -0.0930. The van der Waals surface area contributed by atoms with Crippen molar-refractivity contribution in [2.24, 2.45) is 5.92 Å². The molecule has 3 nitrogen and oxygen atoms in total. The molecule has 0 aromatic rings. The van der Waals surface area contributed by atoms with E-state index in [1.807, 2.05) is 12.9 Å². The predicted octanol–water partition coefficient (Wildman–Crippen LogP) is 1.73. The van der Waals surface area contributed by atoms with Crippen LogP contribution < -0.4 is 0 Å². The van der Waals surface area contributed by atoms with Gasteiger partial charge < -0.3 is 5.11 Å². The second kappa shape index (κ2) is 5.16. The SMILES string of the molecule is CCC1C=[C]C(O)=C(CC=C=O)C1=C=O. The van der Waals surface area contributed by atoms with Crippen molar-refractivity contribution in [2.75, 3.05) is 0 Å². The fourth-order valence-corrected chi connectivity index (χ4v) is 1.51. The number of hydrogen-bond acceptors (Lipinski definition) is 3. The number of aliphatic hydroxyl groups excluding tert-OH is 1. The highest BCUT2D eigenvalue weighted by Gasteiger charge is 2.21. The molecule has 1 unspecified atom stereocenters. The summed E-state index contributed by atoms with van der Waals surface area (Å²) >= 11 is 0. The van der Waals surface area contributed by atoms with Gasteiger partial charge in [-0.1, -0.05) is 13.0 Å². The molecule has 0 spiro atoms. The Morgan fingerprint density at radius 1 is 1.60 bits per heavy atom. The lowest BCUT2D eigenvalue weighted by atomic mass is 9.85. The molecule has 1 atom stereocenters. The lowest BCUT2D eigenvalue weighted by molar-refractivity contribution is 0.414. The Morgan fingerprint density at radius 3 is 2.87 bits per heavy atom. The lowest BCUT2D eigenvalue weighted by Gasteiger charge is -2.18. The van der Waals surface area contributed by atoms with Crippen molar-refractivity contribution in [3.8, 4) is 0 Å². The van der Waals surface area contributed by atoms with Gasteiger partial charge >= 0.3 is 0 Å². The topological polar surface area (TPSA) is 54.4 Å². The molecule has 0 bridgehead atoms. The third-order valence-corrected chi connectivity index (χ3v) is 2.34. The fourth-order valence-electron chi connectivity index (χ4n) is 1.51. The fraction of sp³-hybridized carbons (Fsp3) is 0.333. The van der Waals surface area contributed by atoms with E-state index < -0.39 is 0 Å². The van der Waals surface area contributed by atoms with Gasteiger partial charge in [-0.2, -0.15) is 0 Å². The van der Waals surface area contributed by atoms with Crippen LogP contribution in [0.5, 0.6) is 0 Å². The molecule has 0 aliphatic heterocycles. The monoisotopic (exact) mass is 203 g/mol. The highest BCUT2D eigenvalue weighted by atomic mass is 16.3. The molecular formula is C12H11O3. The first-order valence-corrected chi connectivity index (χ1v) is 4.71. The molecule has 15 heavy (non-hydrogen) atoms. The molecular weight excluding hydrogens is 192 g/mol. The van der Waals surface area contributed by atoms with Gasteiger partial charge in [0.05, 0.1) is 5.57 Å². The van der Waals surface area contributed by atoms with Crippen LogP contribution in [0.2, 0.25) is 0 Å². The Bertz CT molecular complexity index is 403. The second-order valence-corrected chi connectivity index (χ2v) is 3.19. The quantitative estimate of drug-likeness (QED) is 0.711. The van der Waals surface area contributed by atoms with E-state index in [0.29, 0.717) is 11.1 Å². The zero-order valence-electron chi connectivity index (χ0n) is 8.41. The molecule has 1 aliphatic carbocycles. The average molecular weight is 203 g/mol. The third-order valence-electron chi connectivity index (χ3n) is 2.34. The van der Waals surface area contributed by atoms with E-state index in [2.05, 4.69) is 6.08 Å². The molecule has 1 aliphatic rings. The van der Waals surface area contributed by atoms with Gasteiger partial charge in [0.1, 0.15) is 17.6 Å². The van der Waals surface area contributed by atoms with Gasteiger partial charge in [0.25, 0.3) is 0 Å². The standard InChI is InChI=1S/C12H11O3/c1-2-9-5-6-12(15)10(4-3-7-13)11(9)8-14/h3,5,9,15H,2,4H2,1H3. The van der Waals surface area contributed by atoms with Gasteiger partial charge in [-0.3, -0.25) is 0 Å². The lowest BCUT2D eigenvalue weighted by Crippen LogP contribution is -2.10. The van der Waals surface area contributed by atoms with Gasteiger partial charge in [-0.25, -0.2) is 9.59 Å². The van der Waals surface area contributed by atoms with Crippen LogP contribution >= 0.6 is 0 Å². The zero-order chi connectivity index (χ0) is 11.3. The summed E-state index contributed by atoms with van der Waals surface area (Å²) in [6.07, 6.45) is 6.46. The van der Waals surface area contributed by atoms with E-state index >= 15 is 0 Å².